The van der Waals surface area contributed by atoms with E-state index >= 15 is 0 Å². The molecule has 0 unspecified atom stereocenters. The second kappa shape index (κ2) is 12.3. The molecule has 2 heteroatoms. The lowest BCUT2D eigenvalue weighted by Gasteiger charge is -2.31. The molecule has 0 spiro atoms. The van der Waals surface area contributed by atoms with Crippen molar-refractivity contribution in [1.29, 1.82) is 0 Å². The van der Waals surface area contributed by atoms with Gasteiger partial charge >= 0.3 is 0 Å². The maximum absolute atomic E-state index is 2.51. The fourth-order valence-electron chi connectivity index (χ4n) is 9.26. The summed E-state index contributed by atoms with van der Waals surface area (Å²) in [4.78, 5) is 2.51. The van der Waals surface area contributed by atoms with Crippen LogP contribution in [-0.4, -0.2) is 0 Å². The second-order valence-corrected chi connectivity index (χ2v) is 16.3. The molecule has 9 aromatic carbocycles. The molecule has 0 fully saturated rings. The van der Waals surface area contributed by atoms with Crippen LogP contribution in [0.1, 0.15) is 25.0 Å². The number of fused-ring (bicyclic) bond motifs is 9. The number of anilines is 3. The fourth-order valence-corrected chi connectivity index (χ4v) is 10.5. The molecule has 55 heavy (non-hydrogen) atoms. The maximum Gasteiger partial charge on any atom is 0.0543 e. The van der Waals surface area contributed by atoms with Crippen molar-refractivity contribution in [3.63, 3.8) is 0 Å². The lowest BCUT2D eigenvalue weighted by atomic mass is 9.82. The van der Waals surface area contributed by atoms with Gasteiger partial charge in [-0.25, -0.2) is 0 Å². The largest absolute Gasteiger partial charge is 0.309 e. The number of hydrogen-bond acceptors (Lipinski definition) is 2. The van der Waals surface area contributed by atoms with Gasteiger partial charge < -0.3 is 4.90 Å². The van der Waals surface area contributed by atoms with Gasteiger partial charge in [-0.05, 0) is 85.9 Å². The molecule has 1 heterocycles. The van der Waals surface area contributed by atoms with Crippen molar-refractivity contribution in [2.45, 2.75) is 19.3 Å². The van der Waals surface area contributed by atoms with E-state index in [9.17, 15) is 0 Å². The smallest absolute Gasteiger partial charge is 0.0543 e. The van der Waals surface area contributed by atoms with E-state index in [1.807, 2.05) is 11.3 Å². The summed E-state index contributed by atoms with van der Waals surface area (Å²) in [5.74, 6) is 0. The number of rotatable bonds is 5. The maximum atomic E-state index is 2.51. The summed E-state index contributed by atoms with van der Waals surface area (Å²) in [5, 5.41) is 7.73. The molecular weight excluding hydrogens is 683 g/mol. The van der Waals surface area contributed by atoms with Gasteiger partial charge in [0.1, 0.15) is 0 Å². The standard InChI is InChI=1S/C53H37NS/c1-53(2)46-24-10-7-22-43(46)51-47(53)25-14-27-49(51)54(48-26-11-8-19-40(48)38-23-13-16-34-15-3-4-17-37(34)38)36-31-29-35(30-32-36)44-33-45-41-20-9-12-28-50(41)55-52(45)42-21-6-5-18-39(42)44/h3-33H,1-2H3. The zero-order valence-corrected chi connectivity index (χ0v) is 31.6. The number of nitrogens with zero attached hydrogens (tertiary/aromatic N) is 1. The molecule has 0 amide bonds. The van der Waals surface area contributed by atoms with Crippen LogP contribution >= 0.6 is 11.3 Å². The molecule has 0 radical (unpaired) electrons. The molecule has 260 valence electrons. The van der Waals surface area contributed by atoms with Crippen molar-refractivity contribution in [2.75, 3.05) is 4.90 Å². The highest BCUT2D eigenvalue weighted by Gasteiger charge is 2.38. The summed E-state index contributed by atoms with van der Waals surface area (Å²) in [6.45, 7) is 4.73. The molecular formula is C53H37NS. The van der Waals surface area contributed by atoms with Gasteiger partial charge in [-0.2, -0.15) is 0 Å². The minimum Gasteiger partial charge on any atom is -0.309 e. The third-order valence-corrected chi connectivity index (χ3v) is 13.1. The molecule has 10 aromatic rings. The number of para-hydroxylation sites is 1. The number of hydrogen-bond donors (Lipinski definition) is 0. The molecule has 0 saturated carbocycles. The van der Waals surface area contributed by atoms with E-state index < -0.39 is 0 Å². The SMILES string of the molecule is CC1(C)c2ccccc2-c2c(N(c3ccc(-c4cc5c6ccccc6sc5c5ccccc45)cc3)c3ccccc3-c3cccc4ccccc34)cccc21. The monoisotopic (exact) mass is 719 g/mol. The van der Waals surface area contributed by atoms with Gasteiger partial charge in [0.15, 0.2) is 0 Å². The summed E-state index contributed by atoms with van der Waals surface area (Å²) >= 11 is 1.89. The fraction of sp³-hybridized carbons (Fsp3) is 0.0566. The van der Waals surface area contributed by atoms with Gasteiger partial charge in [-0.3, -0.25) is 0 Å². The molecule has 0 N–H and O–H groups in total. The molecule has 1 aliphatic rings. The Kier molecular flexibility index (Phi) is 7.14. The van der Waals surface area contributed by atoms with E-state index in [0.29, 0.717) is 0 Å². The first-order chi connectivity index (χ1) is 27.1. The van der Waals surface area contributed by atoms with E-state index in [1.165, 1.54) is 91.9 Å². The highest BCUT2D eigenvalue weighted by molar-refractivity contribution is 7.26. The first kappa shape index (κ1) is 32.0. The Balaban J connectivity index is 1.15. The molecule has 11 rings (SSSR count). The average Bonchev–Trinajstić information content (AvgIpc) is 3.73. The summed E-state index contributed by atoms with van der Waals surface area (Å²) < 4.78 is 2.69. The Morgan fingerprint density at radius 1 is 0.418 bits per heavy atom. The summed E-state index contributed by atoms with van der Waals surface area (Å²) in [7, 11) is 0. The van der Waals surface area contributed by atoms with Crippen molar-refractivity contribution in [1.82, 2.24) is 0 Å². The van der Waals surface area contributed by atoms with Gasteiger partial charge in [0.2, 0.25) is 0 Å². The minimum atomic E-state index is -0.113. The Hall–Kier alpha value is -6.48. The topological polar surface area (TPSA) is 3.24 Å². The van der Waals surface area contributed by atoms with Crippen LogP contribution in [0.4, 0.5) is 17.1 Å². The van der Waals surface area contributed by atoms with Crippen LogP contribution in [0.2, 0.25) is 0 Å². The van der Waals surface area contributed by atoms with Crippen molar-refractivity contribution in [2.24, 2.45) is 0 Å². The molecule has 0 aliphatic heterocycles. The molecule has 1 aliphatic carbocycles. The molecule has 1 aromatic heterocycles. The van der Waals surface area contributed by atoms with Gasteiger partial charge in [-0.1, -0.05) is 166 Å². The quantitative estimate of drug-likeness (QED) is 0.171. The van der Waals surface area contributed by atoms with Crippen molar-refractivity contribution in [3.8, 4) is 33.4 Å². The number of thiophene rings is 1. The summed E-state index contributed by atoms with van der Waals surface area (Å²) in [5.41, 5.74) is 13.6. The molecule has 1 nitrogen and oxygen atoms in total. The van der Waals surface area contributed by atoms with E-state index in [1.54, 1.807) is 0 Å². The highest BCUT2D eigenvalue weighted by Crippen LogP contribution is 2.55. The highest BCUT2D eigenvalue weighted by atomic mass is 32.1. The van der Waals surface area contributed by atoms with Crippen LogP contribution in [0.3, 0.4) is 0 Å². The summed E-state index contributed by atoms with van der Waals surface area (Å²) in [6, 6.07) is 69.6. The zero-order valence-electron chi connectivity index (χ0n) is 30.8. The minimum absolute atomic E-state index is 0.113. The predicted molar refractivity (Wildman–Crippen MR) is 237 cm³/mol. The third-order valence-electron chi connectivity index (χ3n) is 11.9. The predicted octanol–water partition coefficient (Wildman–Crippen LogP) is 15.5. The first-order valence-corrected chi connectivity index (χ1v) is 19.9. The lowest BCUT2D eigenvalue weighted by Crippen LogP contribution is -2.16. The lowest BCUT2D eigenvalue weighted by molar-refractivity contribution is 0.660. The second-order valence-electron chi connectivity index (χ2n) is 15.2. The Morgan fingerprint density at radius 2 is 1.02 bits per heavy atom. The molecule has 0 saturated heterocycles. The van der Waals surface area contributed by atoms with Crippen LogP contribution in [0.15, 0.2) is 188 Å². The normalized spacial score (nSPS) is 13.1. The first-order valence-electron chi connectivity index (χ1n) is 19.1. The molecule has 0 atom stereocenters. The van der Waals surface area contributed by atoms with Crippen LogP contribution in [-0.2, 0) is 5.41 Å². The number of benzene rings is 9. The average molecular weight is 720 g/mol. The third kappa shape index (κ3) is 4.85. The van der Waals surface area contributed by atoms with Gasteiger partial charge in [0.25, 0.3) is 0 Å². The van der Waals surface area contributed by atoms with E-state index in [-0.39, 0.29) is 5.41 Å². The van der Waals surface area contributed by atoms with E-state index in [4.69, 9.17) is 0 Å². The zero-order chi connectivity index (χ0) is 36.7. The van der Waals surface area contributed by atoms with Crippen LogP contribution in [0, 0.1) is 0 Å². The van der Waals surface area contributed by atoms with Gasteiger partial charge in [0.05, 0.1) is 11.4 Å². The van der Waals surface area contributed by atoms with Gasteiger partial charge in [0, 0.05) is 47.8 Å². The van der Waals surface area contributed by atoms with Gasteiger partial charge in [-0.15, -0.1) is 11.3 Å². The Morgan fingerprint density at radius 3 is 1.87 bits per heavy atom. The van der Waals surface area contributed by atoms with E-state index in [0.717, 1.165) is 11.4 Å². The molecule has 0 bridgehead atoms. The Labute approximate surface area is 325 Å². The van der Waals surface area contributed by atoms with Crippen LogP contribution in [0.5, 0.6) is 0 Å². The van der Waals surface area contributed by atoms with Crippen molar-refractivity contribution < 1.29 is 0 Å². The van der Waals surface area contributed by atoms with E-state index in [2.05, 4.69) is 207 Å². The van der Waals surface area contributed by atoms with Crippen molar-refractivity contribution in [3.05, 3.63) is 199 Å². The Bertz CT molecular complexity index is 3120. The van der Waals surface area contributed by atoms with Crippen LogP contribution in [0.25, 0.3) is 75.1 Å². The summed E-state index contributed by atoms with van der Waals surface area (Å²) in [6.07, 6.45) is 0. The van der Waals surface area contributed by atoms with Crippen molar-refractivity contribution >= 4 is 70.1 Å². The van der Waals surface area contributed by atoms with Crippen LogP contribution < -0.4 is 4.90 Å².